The van der Waals surface area contributed by atoms with Gasteiger partial charge in [0.05, 0.1) is 13.7 Å². The highest BCUT2D eigenvalue weighted by Crippen LogP contribution is 2.30. The summed E-state index contributed by atoms with van der Waals surface area (Å²) in [5, 5.41) is 6.41. The molecule has 0 spiro atoms. The fraction of sp³-hybridized carbons (Fsp3) is 0.632. The maximum absolute atomic E-state index is 12.3. The summed E-state index contributed by atoms with van der Waals surface area (Å²) in [6, 6.07) is 4.76. The molecule has 0 radical (unpaired) electrons. The van der Waals surface area contributed by atoms with Crippen molar-refractivity contribution in [1.29, 1.82) is 0 Å². The number of hydrogen-bond acceptors (Lipinski definition) is 4. The Balaban J connectivity index is 2.62. The van der Waals surface area contributed by atoms with Crippen LogP contribution in [0, 0.1) is 0 Å². The number of halogens is 3. The number of methoxy groups -OCH3 is 1. The minimum absolute atomic E-state index is 0.0480. The van der Waals surface area contributed by atoms with E-state index in [0.29, 0.717) is 12.5 Å². The summed E-state index contributed by atoms with van der Waals surface area (Å²) in [5.74, 6) is 0.966. The summed E-state index contributed by atoms with van der Waals surface area (Å²) >= 11 is 0. The van der Waals surface area contributed by atoms with Gasteiger partial charge in [0, 0.05) is 26.3 Å². The molecule has 0 amide bonds. The quantitative estimate of drug-likeness (QED) is 0.317. The first-order valence-corrected chi connectivity index (χ1v) is 9.36. The van der Waals surface area contributed by atoms with Crippen LogP contribution in [0.2, 0.25) is 0 Å². The maximum Gasteiger partial charge on any atom is 0.422 e. The van der Waals surface area contributed by atoms with Crippen molar-refractivity contribution in [1.82, 2.24) is 10.6 Å². The first-order chi connectivity index (χ1) is 13.4. The largest absolute Gasteiger partial charge is 0.493 e. The number of benzene rings is 1. The van der Waals surface area contributed by atoms with Crippen molar-refractivity contribution in [3.05, 3.63) is 23.8 Å². The molecule has 0 aliphatic carbocycles. The van der Waals surface area contributed by atoms with Gasteiger partial charge in [-0.3, -0.25) is 0 Å². The topological polar surface area (TPSA) is 64.1 Å². The molecule has 0 saturated carbocycles. The van der Waals surface area contributed by atoms with E-state index in [-0.39, 0.29) is 11.5 Å². The fourth-order valence-corrected chi connectivity index (χ4v) is 2.28. The second kappa shape index (κ2) is 13.1. The first-order valence-electron chi connectivity index (χ1n) is 9.36. The summed E-state index contributed by atoms with van der Waals surface area (Å²) in [6.07, 6.45) is -2.47. The molecule has 0 fully saturated rings. The van der Waals surface area contributed by atoms with Crippen molar-refractivity contribution >= 4 is 5.96 Å². The van der Waals surface area contributed by atoms with E-state index >= 15 is 0 Å². The van der Waals surface area contributed by atoms with Crippen LogP contribution in [0.15, 0.2) is 23.2 Å². The number of nitrogens with zero attached hydrogens (tertiary/aromatic N) is 1. The lowest BCUT2D eigenvalue weighted by Crippen LogP contribution is -2.37. The number of hydrogen-bond donors (Lipinski definition) is 2. The van der Waals surface area contributed by atoms with E-state index in [1.54, 1.807) is 12.1 Å². The van der Waals surface area contributed by atoms with Gasteiger partial charge in [0.2, 0.25) is 0 Å². The number of aliphatic imine (C=N–C) groups is 1. The summed E-state index contributed by atoms with van der Waals surface area (Å²) in [7, 11) is 1.39. The molecule has 160 valence electrons. The van der Waals surface area contributed by atoms with E-state index in [0.717, 1.165) is 44.7 Å². The highest BCUT2D eigenvalue weighted by Gasteiger charge is 2.29. The smallest absolute Gasteiger partial charge is 0.422 e. The summed E-state index contributed by atoms with van der Waals surface area (Å²) < 4.78 is 52.2. The summed E-state index contributed by atoms with van der Waals surface area (Å²) in [4.78, 5) is 4.49. The Bertz CT molecular complexity index is 596. The van der Waals surface area contributed by atoms with Crippen molar-refractivity contribution < 1.29 is 27.4 Å². The second-order valence-electron chi connectivity index (χ2n) is 5.92. The molecular formula is C19H30F3N3O3. The molecule has 1 aromatic carbocycles. The molecule has 0 aromatic heterocycles. The molecule has 0 heterocycles. The number of rotatable bonds is 12. The predicted octanol–water partition coefficient (Wildman–Crippen LogP) is 3.51. The van der Waals surface area contributed by atoms with Crippen LogP contribution in [0.25, 0.3) is 0 Å². The standard InChI is InChI=1S/C19H30F3N3O3/c1-4-23-18(24-10-6-7-11-27-5-2)25-13-15-8-9-16(17(12-15)26-3)28-14-19(20,21)22/h8-9,12H,4-7,10-11,13-14H2,1-3H3,(H2,23,24,25). The minimum Gasteiger partial charge on any atom is -0.493 e. The minimum atomic E-state index is -4.40. The number of alkyl halides is 3. The lowest BCUT2D eigenvalue weighted by molar-refractivity contribution is -0.153. The third-order valence-corrected chi connectivity index (χ3v) is 3.60. The van der Waals surface area contributed by atoms with Gasteiger partial charge < -0.3 is 24.8 Å². The number of guanidine groups is 1. The van der Waals surface area contributed by atoms with Crippen molar-refractivity contribution in [2.45, 2.75) is 39.4 Å². The van der Waals surface area contributed by atoms with Crippen LogP contribution in [-0.4, -0.2) is 52.2 Å². The molecule has 0 aliphatic heterocycles. The summed E-state index contributed by atoms with van der Waals surface area (Å²) in [5.41, 5.74) is 0.796. The average Bonchev–Trinajstić information content (AvgIpc) is 2.66. The molecule has 1 aromatic rings. The third kappa shape index (κ3) is 10.2. The lowest BCUT2D eigenvalue weighted by atomic mass is 10.2. The Hall–Kier alpha value is -2.16. The normalized spacial score (nSPS) is 12.0. The number of ether oxygens (including phenoxy) is 3. The zero-order valence-corrected chi connectivity index (χ0v) is 16.7. The van der Waals surface area contributed by atoms with E-state index < -0.39 is 12.8 Å². The molecule has 6 nitrogen and oxygen atoms in total. The first kappa shape index (κ1) is 23.9. The van der Waals surface area contributed by atoms with E-state index in [9.17, 15) is 13.2 Å². The highest BCUT2D eigenvalue weighted by atomic mass is 19.4. The van der Waals surface area contributed by atoms with Crippen LogP contribution in [0.4, 0.5) is 13.2 Å². The van der Waals surface area contributed by atoms with Crippen molar-refractivity contribution in [2.24, 2.45) is 4.99 Å². The van der Waals surface area contributed by atoms with Gasteiger partial charge in [0.25, 0.3) is 0 Å². The van der Waals surface area contributed by atoms with Crippen LogP contribution in [0.3, 0.4) is 0 Å². The van der Waals surface area contributed by atoms with Crippen LogP contribution in [-0.2, 0) is 11.3 Å². The molecule has 2 N–H and O–H groups in total. The third-order valence-electron chi connectivity index (χ3n) is 3.60. The molecule has 9 heteroatoms. The molecule has 0 unspecified atom stereocenters. The van der Waals surface area contributed by atoms with Crippen LogP contribution in [0.5, 0.6) is 11.5 Å². The number of nitrogens with one attached hydrogen (secondary N) is 2. The highest BCUT2D eigenvalue weighted by molar-refractivity contribution is 5.79. The molecule has 1 rings (SSSR count). The Morgan fingerprint density at radius 2 is 1.89 bits per heavy atom. The molecule has 0 atom stereocenters. The predicted molar refractivity (Wildman–Crippen MR) is 103 cm³/mol. The van der Waals surface area contributed by atoms with Gasteiger partial charge in [-0.1, -0.05) is 6.07 Å². The lowest BCUT2D eigenvalue weighted by Gasteiger charge is -2.14. The second-order valence-corrected chi connectivity index (χ2v) is 5.92. The zero-order valence-electron chi connectivity index (χ0n) is 16.7. The zero-order chi connectivity index (χ0) is 20.8. The van der Waals surface area contributed by atoms with Gasteiger partial charge in [0.1, 0.15) is 0 Å². The van der Waals surface area contributed by atoms with Gasteiger partial charge in [-0.25, -0.2) is 4.99 Å². The Kier molecular flexibility index (Phi) is 11.2. The van der Waals surface area contributed by atoms with Gasteiger partial charge in [-0.05, 0) is 44.4 Å². The van der Waals surface area contributed by atoms with E-state index in [1.807, 2.05) is 13.8 Å². The molecule has 0 aliphatic rings. The summed E-state index contributed by atoms with van der Waals surface area (Å²) in [6.45, 7) is 5.89. The van der Waals surface area contributed by atoms with Gasteiger partial charge in [-0.2, -0.15) is 13.2 Å². The Morgan fingerprint density at radius 1 is 1.11 bits per heavy atom. The van der Waals surface area contributed by atoms with E-state index in [4.69, 9.17) is 14.2 Å². The van der Waals surface area contributed by atoms with Crippen LogP contribution < -0.4 is 20.1 Å². The monoisotopic (exact) mass is 405 g/mol. The Labute approximate surface area is 164 Å². The van der Waals surface area contributed by atoms with Crippen molar-refractivity contribution in [3.63, 3.8) is 0 Å². The number of unbranched alkanes of at least 4 members (excludes halogenated alkanes) is 1. The molecule has 28 heavy (non-hydrogen) atoms. The maximum atomic E-state index is 12.3. The van der Waals surface area contributed by atoms with Crippen molar-refractivity contribution in [3.8, 4) is 11.5 Å². The van der Waals surface area contributed by atoms with Gasteiger partial charge >= 0.3 is 6.18 Å². The average molecular weight is 405 g/mol. The SMILES string of the molecule is CCNC(=NCc1ccc(OCC(F)(F)F)c(OC)c1)NCCCCOCC. The van der Waals surface area contributed by atoms with Crippen LogP contribution >= 0.6 is 0 Å². The van der Waals surface area contributed by atoms with Crippen molar-refractivity contribution in [2.75, 3.05) is 40.0 Å². The van der Waals surface area contributed by atoms with Gasteiger partial charge in [-0.15, -0.1) is 0 Å². The molecule has 0 bridgehead atoms. The Morgan fingerprint density at radius 3 is 2.54 bits per heavy atom. The van der Waals surface area contributed by atoms with E-state index in [1.165, 1.54) is 13.2 Å². The molecular weight excluding hydrogens is 375 g/mol. The fourth-order valence-electron chi connectivity index (χ4n) is 2.28. The van der Waals surface area contributed by atoms with Crippen LogP contribution in [0.1, 0.15) is 32.3 Å². The van der Waals surface area contributed by atoms with Gasteiger partial charge in [0.15, 0.2) is 24.1 Å². The molecule has 0 saturated heterocycles. The van der Waals surface area contributed by atoms with E-state index in [2.05, 4.69) is 15.6 Å².